The smallest absolute Gasteiger partial charge is 0.410 e. The fourth-order valence-electron chi connectivity index (χ4n) is 2.61. The number of likely N-dealkylation sites (tertiary alicyclic amines) is 1. The van der Waals surface area contributed by atoms with E-state index in [1.807, 2.05) is 20.8 Å². The van der Waals surface area contributed by atoms with Crippen molar-refractivity contribution in [1.29, 1.82) is 0 Å². The van der Waals surface area contributed by atoms with Crippen LogP contribution in [0.15, 0.2) is 0 Å². The number of ether oxygens (including phenoxy) is 2. The summed E-state index contributed by atoms with van der Waals surface area (Å²) in [4.78, 5) is 38.6. The molecule has 1 unspecified atom stereocenters. The fraction of sp³-hybridized carbons (Fsp3) is 0.812. The summed E-state index contributed by atoms with van der Waals surface area (Å²) in [5.41, 5.74) is -0.536. The zero-order chi connectivity index (χ0) is 17.9. The Bertz CT molecular complexity index is 496. The first kappa shape index (κ1) is 18.5. The number of morpholine rings is 1. The molecule has 2 heterocycles. The predicted molar refractivity (Wildman–Crippen MR) is 86.3 cm³/mol. The minimum Gasteiger partial charge on any atom is -0.444 e. The summed E-state index contributed by atoms with van der Waals surface area (Å²) in [6.45, 7) is 9.62. The van der Waals surface area contributed by atoms with Crippen LogP contribution in [0.5, 0.6) is 0 Å². The van der Waals surface area contributed by atoms with Crippen molar-refractivity contribution in [3.05, 3.63) is 0 Å². The Kier molecular flexibility index (Phi) is 5.69. The first-order valence-corrected chi connectivity index (χ1v) is 8.28. The second-order valence-electron chi connectivity index (χ2n) is 7.29. The van der Waals surface area contributed by atoms with Crippen LogP contribution in [-0.4, -0.2) is 78.7 Å². The molecule has 2 rings (SSSR count). The van der Waals surface area contributed by atoms with Crippen LogP contribution in [0, 0.1) is 5.92 Å². The summed E-state index contributed by atoms with van der Waals surface area (Å²) >= 11 is 0. The molecular formula is C16H27N3O5. The van der Waals surface area contributed by atoms with Crippen molar-refractivity contribution < 1.29 is 23.9 Å². The van der Waals surface area contributed by atoms with E-state index < -0.39 is 5.60 Å². The molecule has 8 nitrogen and oxygen atoms in total. The van der Waals surface area contributed by atoms with Gasteiger partial charge in [0.25, 0.3) is 0 Å². The minimum absolute atomic E-state index is 0.0154. The van der Waals surface area contributed by atoms with E-state index >= 15 is 0 Å². The number of carbonyl (C=O) groups is 3. The van der Waals surface area contributed by atoms with Gasteiger partial charge >= 0.3 is 6.09 Å². The highest BCUT2D eigenvalue weighted by Crippen LogP contribution is 2.19. The minimum atomic E-state index is -0.536. The van der Waals surface area contributed by atoms with Crippen LogP contribution in [0.1, 0.15) is 27.7 Å². The molecule has 136 valence electrons. The molecule has 0 spiro atoms. The summed E-state index contributed by atoms with van der Waals surface area (Å²) in [7, 11) is 0. The monoisotopic (exact) mass is 341 g/mol. The highest BCUT2D eigenvalue weighted by molar-refractivity contribution is 5.82. The first-order valence-electron chi connectivity index (χ1n) is 8.28. The van der Waals surface area contributed by atoms with Gasteiger partial charge in [-0.15, -0.1) is 0 Å². The Hall–Kier alpha value is -1.83. The van der Waals surface area contributed by atoms with Gasteiger partial charge in [0, 0.05) is 39.6 Å². The Morgan fingerprint density at radius 3 is 2.42 bits per heavy atom. The SMILES string of the molecule is CC(=O)N1CCOC(CNC(=O)C2CN(C(=O)OC(C)(C)C)C2)C1. The van der Waals surface area contributed by atoms with Gasteiger partial charge in [-0.1, -0.05) is 0 Å². The molecule has 0 aromatic heterocycles. The molecule has 2 fully saturated rings. The van der Waals surface area contributed by atoms with Gasteiger partial charge in [0.1, 0.15) is 5.60 Å². The van der Waals surface area contributed by atoms with E-state index in [4.69, 9.17) is 9.47 Å². The molecule has 0 aromatic carbocycles. The van der Waals surface area contributed by atoms with Crippen molar-refractivity contribution in [2.45, 2.75) is 39.4 Å². The summed E-state index contributed by atoms with van der Waals surface area (Å²) in [5, 5.41) is 2.84. The Balaban J connectivity index is 1.68. The van der Waals surface area contributed by atoms with Crippen molar-refractivity contribution in [1.82, 2.24) is 15.1 Å². The lowest BCUT2D eigenvalue weighted by atomic mass is 10.00. The second kappa shape index (κ2) is 7.38. The van der Waals surface area contributed by atoms with Gasteiger partial charge in [-0.3, -0.25) is 9.59 Å². The van der Waals surface area contributed by atoms with Crippen molar-refractivity contribution in [2.24, 2.45) is 5.92 Å². The number of nitrogens with zero attached hydrogens (tertiary/aromatic N) is 2. The lowest BCUT2D eigenvalue weighted by Gasteiger charge is -2.39. The van der Waals surface area contributed by atoms with Crippen molar-refractivity contribution >= 4 is 17.9 Å². The average molecular weight is 341 g/mol. The molecule has 2 aliphatic heterocycles. The number of carbonyl (C=O) groups excluding carboxylic acids is 3. The lowest BCUT2D eigenvalue weighted by Crippen LogP contribution is -2.57. The number of hydrogen-bond acceptors (Lipinski definition) is 5. The van der Waals surface area contributed by atoms with Crippen LogP contribution in [0.25, 0.3) is 0 Å². The number of rotatable bonds is 3. The van der Waals surface area contributed by atoms with Crippen LogP contribution < -0.4 is 5.32 Å². The highest BCUT2D eigenvalue weighted by Gasteiger charge is 2.38. The van der Waals surface area contributed by atoms with Crippen LogP contribution in [0.3, 0.4) is 0 Å². The second-order valence-corrected chi connectivity index (χ2v) is 7.29. The van der Waals surface area contributed by atoms with Crippen molar-refractivity contribution in [3.8, 4) is 0 Å². The lowest BCUT2D eigenvalue weighted by molar-refractivity contribution is -0.137. The molecule has 0 aliphatic carbocycles. The molecule has 8 heteroatoms. The molecule has 1 atom stereocenters. The van der Waals surface area contributed by atoms with E-state index in [9.17, 15) is 14.4 Å². The fourth-order valence-corrected chi connectivity index (χ4v) is 2.61. The van der Waals surface area contributed by atoms with E-state index in [-0.39, 0.29) is 29.9 Å². The summed E-state index contributed by atoms with van der Waals surface area (Å²) in [6.07, 6.45) is -0.576. The van der Waals surface area contributed by atoms with Gasteiger partial charge in [-0.2, -0.15) is 0 Å². The van der Waals surface area contributed by atoms with Crippen molar-refractivity contribution in [2.75, 3.05) is 39.3 Å². The molecular weight excluding hydrogens is 314 g/mol. The third-order valence-electron chi connectivity index (χ3n) is 3.99. The maximum absolute atomic E-state index is 12.1. The van der Waals surface area contributed by atoms with Crippen LogP contribution in [0.2, 0.25) is 0 Å². The molecule has 24 heavy (non-hydrogen) atoms. The Morgan fingerprint density at radius 1 is 1.17 bits per heavy atom. The molecule has 0 radical (unpaired) electrons. The van der Waals surface area contributed by atoms with E-state index in [1.54, 1.807) is 4.90 Å². The van der Waals surface area contributed by atoms with Crippen molar-refractivity contribution in [3.63, 3.8) is 0 Å². The standard InChI is InChI=1S/C16H27N3O5/c1-11(20)18-5-6-23-13(10-18)7-17-14(21)12-8-19(9-12)15(22)24-16(2,3)4/h12-13H,5-10H2,1-4H3,(H,17,21). The van der Waals surface area contributed by atoms with E-state index in [1.165, 1.54) is 11.8 Å². The molecule has 2 saturated heterocycles. The van der Waals surface area contributed by atoms with Gasteiger partial charge in [-0.25, -0.2) is 4.79 Å². The largest absolute Gasteiger partial charge is 0.444 e. The van der Waals surface area contributed by atoms with Gasteiger partial charge in [-0.05, 0) is 20.8 Å². The molecule has 3 amide bonds. The van der Waals surface area contributed by atoms with Gasteiger partial charge < -0.3 is 24.6 Å². The summed E-state index contributed by atoms with van der Waals surface area (Å²) < 4.78 is 10.8. The topological polar surface area (TPSA) is 88.2 Å². The first-order chi connectivity index (χ1) is 11.2. The Labute approximate surface area is 142 Å². The normalized spacial score (nSPS) is 21.9. The molecule has 0 aromatic rings. The highest BCUT2D eigenvalue weighted by atomic mass is 16.6. The van der Waals surface area contributed by atoms with Crippen LogP contribution in [-0.2, 0) is 19.1 Å². The maximum atomic E-state index is 12.1. The molecule has 2 aliphatic rings. The molecule has 0 bridgehead atoms. The molecule has 0 saturated carbocycles. The third-order valence-corrected chi connectivity index (χ3v) is 3.99. The van der Waals surface area contributed by atoms with Crippen LogP contribution >= 0.6 is 0 Å². The number of amides is 3. The van der Waals surface area contributed by atoms with Gasteiger partial charge in [0.05, 0.1) is 18.6 Å². The van der Waals surface area contributed by atoms with E-state index in [0.29, 0.717) is 39.3 Å². The van der Waals surface area contributed by atoms with Gasteiger partial charge in [0.15, 0.2) is 0 Å². The number of hydrogen-bond donors (Lipinski definition) is 1. The number of nitrogens with one attached hydrogen (secondary N) is 1. The summed E-state index contributed by atoms with van der Waals surface area (Å²) in [5.74, 6) is -0.301. The zero-order valence-corrected chi connectivity index (χ0v) is 14.8. The quantitative estimate of drug-likeness (QED) is 0.793. The zero-order valence-electron chi connectivity index (χ0n) is 14.8. The predicted octanol–water partition coefficient (Wildman–Crippen LogP) is 0.217. The summed E-state index contributed by atoms with van der Waals surface area (Å²) in [6, 6.07) is 0. The van der Waals surface area contributed by atoms with Crippen LogP contribution in [0.4, 0.5) is 4.79 Å². The Morgan fingerprint density at radius 2 is 1.83 bits per heavy atom. The maximum Gasteiger partial charge on any atom is 0.410 e. The van der Waals surface area contributed by atoms with E-state index in [0.717, 1.165) is 0 Å². The average Bonchev–Trinajstić information content (AvgIpc) is 2.41. The molecule has 1 N–H and O–H groups in total. The van der Waals surface area contributed by atoms with Gasteiger partial charge in [0.2, 0.25) is 11.8 Å². The third kappa shape index (κ3) is 5.09. The van der Waals surface area contributed by atoms with E-state index in [2.05, 4.69) is 5.32 Å².